The third kappa shape index (κ3) is 262. The predicted octanol–water partition coefficient (Wildman–Crippen LogP) is 2.70. The molecule has 54 valence electrons. The number of allylic oxidation sites excluding steroid dienone is 2. The lowest BCUT2D eigenvalue weighted by Crippen LogP contribution is -1.26. The molecule has 0 rings (SSSR count). The van der Waals surface area contributed by atoms with Gasteiger partial charge in [-0.05, 0) is 20.6 Å². The maximum absolute atomic E-state index is 3.36. The van der Waals surface area contributed by atoms with Crippen LogP contribution in [0.25, 0.3) is 0 Å². The predicted molar refractivity (Wildman–Crippen MR) is 47.2 cm³/mol. The molecule has 0 bridgehead atoms. The van der Waals surface area contributed by atoms with E-state index in [-0.39, 0.29) is 0 Å². The molecule has 0 radical (unpaired) electrons. The second-order valence-corrected chi connectivity index (χ2v) is 1.13. The highest BCUT2D eigenvalue weighted by atomic mass is 14.6. The van der Waals surface area contributed by atoms with Gasteiger partial charge in [0.15, 0.2) is 0 Å². The monoisotopic (exact) mass is 127 g/mol. The highest BCUT2D eigenvalue weighted by molar-refractivity contribution is 5.22. The fraction of sp³-hybridized carbons (Fsp3) is 0.375. The van der Waals surface area contributed by atoms with E-state index < -0.39 is 0 Å². The average Bonchev–Trinajstić information content (AvgIpc) is 1.70. The van der Waals surface area contributed by atoms with Crippen molar-refractivity contribution in [3.05, 3.63) is 25.3 Å². The molecular weight excluding hydrogens is 110 g/mol. The minimum absolute atomic E-state index is 1.64. The van der Waals surface area contributed by atoms with Crippen molar-refractivity contribution in [1.82, 2.24) is 0 Å². The summed E-state index contributed by atoms with van der Waals surface area (Å²) in [5.74, 6) is 0. The number of aliphatic imine (C=N–C) groups is 1. The molecule has 0 spiro atoms. The minimum atomic E-state index is 1.64. The van der Waals surface area contributed by atoms with Crippen LogP contribution in [-0.4, -0.2) is 13.8 Å². The molecule has 0 unspecified atom stereocenters. The molecule has 0 aliphatic rings. The molecule has 0 heterocycles. The van der Waals surface area contributed by atoms with Crippen LogP contribution in [0.1, 0.15) is 13.8 Å². The van der Waals surface area contributed by atoms with Crippen molar-refractivity contribution in [2.45, 2.75) is 13.8 Å². The minimum Gasteiger partial charge on any atom is -0.304 e. The standard InChI is InChI=1S/2C3H6.C2H5N/c3*1-3-2/h2*3H,1H2,2H3;1H2,2H3. The molecule has 1 heteroatoms. The Morgan fingerprint density at radius 1 is 1.11 bits per heavy atom. The summed E-state index contributed by atoms with van der Waals surface area (Å²) >= 11 is 0. The summed E-state index contributed by atoms with van der Waals surface area (Å²) in [6.45, 7) is 13.6. The zero-order chi connectivity index (χ0) is 8.12. The van der Waals surface area contributed by atoms with Gasteiger partial charge in [-0.25, -0.2) is 0 Å². The summed E-state index contributed by atoms with van der Waals surface area (Å²) in [4.78, 5) is 3.25. The van der Waals surface area contributed by atoms with Crippen LogP contribution in [0.2, 0.25) is 0 Å². The fourth-order valence-corrected chi connectivity index (χ4v) is 0. The van der Waals surface area contributed by atoms with Crippen molar-refractivity contribution in [3.8, 4) is 0 Å². The van der Waals surface area contributed by atoms with Crippen molar-refractivity contribution in [3.63, 3.8) is 0 Å². The van der Waals surface area contributed by atoms with E-state index in [4.69, 9.17) is 0 Å². The van der Waals surface area contributed by atoms with Crippen LogP contribution in [0.3, 0.4) is 0 Å². The Morgan fingerprint density at radius 3 is 1.11 bits per heavy atom. The highest BCUT2D eigenvalue weighted by Crippen LogP contribution is 1.38. The van der Waals surface area contributed by atoms with Gasteiger partial charge in [-0.15, -0.1) is 13.2 Å². The third-order valence-corrected chi connectivity index (χ3v) is 0. The molecule has 0 aromatic carbocycles. The summed E-state index contributed by atoms with van der Waals surface area (Å²) in [6, 6.07) is 0. The highest BCUT2D eigenvalue weighted by Gasteiger charge is 1.15. The van der Waals surface area contributed by atoms with Gasteiger partial charge in [0.2, 0.25) is 0 Å². The molecule has 0 aromatic rings. The lowest BCUT2D eigenvalue weighted by Gasteiger charge is -1.38. The van der Waals surface area contributed by atoms with Gasteiger partial charge in [0, 0.05) is 7.05 Å². The zero-order valence-electron chi connectivity index (χ0n) is 6.72. The number of rotatable bonds is 0. The van der Waals surface area contributed by atoms with Crippen molar-refractivity contribution < 1.29 is 0 Å². The molecule has 0 N–H and O–H groups in total. The first-order chi connectivity index (χ1) is 4.24. The Balaban J connectivity index is -0.0000000600. The average molecular weight is 127 g/mol. The van der Waals surface area contributed by atoms with E-state index in [1.807, 2.05) is 13.8 Å². The summed E-state index contributed by atoms with van der Waals surface area (Å²) in [7, 11) is 1.64. The number of hydrogen-bond donors (Lipinski definition) is 0. The normalized spacial score (nSPS) is 4.33. The van der Waals surface area contributed by atoms with Gasteiger partial charge in [0.1, 0.15) is 0 Å². The van der Waals surface area contributed by atoms with Crippen LogP contribution in [0, 0.1) is 0 Å². The molecule has 1 nitrogen and oxygen atoms in total. The molecule has 0 atom stereocenters. The van der Waals surface area contributed by atoms with Crippen molar-refractivity contribution in [2.24, 2.45) is 4.99 Å². The van der Waals surface area contributed by atoms with Gasteiger partial charge in [-0.3, -0.25) is 0 Å². The van der Waals surface area contributed by atoms with Crippen molar-refractivity contribution >= 4 is 6.72 Å². The Hall–Kier alpha value is -0.850. The first kappa shape index (κ1) is 15.7. The van der Waals surface area contributed by atoms with Crippen LogP contribution in [-0.2, 0) is 0 Å². The number of nitrogens with zero attached hydrogens (tertiary/aromatic N) is 1. The second-order valence-electron chi connectivity index (χ2n) is 1.13. The van der Waals surface area contributed by atoms with E-state index in [1.165, 1.54) is 0 Å². The van der Waals surface area contributed by atoms with Gasteiger partial charge >= 0.3 is 0 Å². The third-order valence-electron chi connectivity index (χ3n) is 0. The Bertz CT molecular complexity index is 41.3. The lowest BCUT2D eigenvalue weighted by atomic mass is 10.8. The van der Waals surface area contributed by atoms with Gasteiger partial charge < -0.3 is 4.99 Å². The summed E-state index contributed by atoms with van der Waals surface area (Å²) in [5, 5.41) is 0. The molecule has 0 saturated heterocycles. The van der Waals surface area contributed by atoms with Crippen LogP contribution in [0.5, 0.6) is 0 Å². The van der Waals surface area contributed by atoms with Crippen molar-refractivity contribution in [2.75, 3.05) is 7.05 Å². The van der Waals surface area contributed by atoms with Gasteiger partial charge in [0.05, 0.1) is 0 Å². The molecule has 0 aliphatic heterocycles. The molecule has 0 saturated carbocycles. The first-order valence-corrected chi connectivity index (χ1v) is 2.73. The Labute approximate surface area is 58.8 Å². The Morgan fingerprint density at radius 2 is 1.11 bits per heavy atom. The molecule has 0 fully saturated rings. The van der Waals surface area contributed by atoms with Gasteiger partial charge in [-0.2, -0.15) is 0 Å². The van der Waals surface area contributed by atoms with Crippen LogP contribution in [0.15, 0.2) is 30.3 Å². The van der Waals surface area contributed by atoms with Gasteiger partial charge in [-0.1, -0.05) is 12.2 Å². The maximum Gasteiger partial charge on any atom is 0.0269 e. The van der Waals surface area contributed by atoms with E-state index in [0.29, 0.717) is 0 Å². The van der Waals surface area contributed by atoms with E-state index in [0.717, 1.165) is 0 Å². The van der Waals surface area contributed by atoms with E-state index in [9.17, 15) is 0 Å². The summed E-state index contributed by atoms with van der Waals surface area (Å²) < 4.78 is 0. The SMILES string of the molecule is C=CC.C=CC.C=NC. The fourth-order valence-electron chi connectivity index (χ4n) is 0. The molecule has 0 aliphatic carbocycles. The second kappa shape index (κ2) is 58.5. The van der Waals surface area contributed by atoms with Crippen LogP contribution >= 0.6 is 0 Å². The van der Waals surface area contributed by atoms with E-state index in [2.05, 4.69) is 24.9 Å². The van der Waals surface area contributed by atoms with E-state index in [1.54, 1.807) is 19.2 Å². The maximum atomic E-state index is 3.36. The lowest BCUT2D eigenvalue weighted by molar-refractivity contribution is 1.49. The smallest absolute Gasteiger partial charge is 0.0269 e. The van der Waals surface area contributed by atoms with E-state index >= 15 is 0 Å². The zero-order valence-corrected chi connectivity index (χ0v) is 6.72. The van der Waals surface area contributed by atoms with Crippen LogP contribution < -0.4 is 0 Å². The topological polar surface area (TPSA) is 12.4 Å². The molecular formula is C8H17N. The molecule has 9 heavy (non-hydrogen) atoms. The van der Waals surface area contributed by atoms with Gasteiger partial charge in [0.25, 0.3) is 0 Å². The summed E-state index contributed by atoms with van der Waals surface area (Å²) in [6.07, 6.45) is 3.50. The van der Waals surface area contributed by atoms with Crippen LogP contribution in [0.4, 0.5) is 0 Å². The largest absolute Gasteiger partial charge is 0.304 e. The molecule has 0 aromatic heterocycles. The first-order valence-electron chi connectivity index (χ1n) is 2.73. The summed E-state index contributed by atoms with van der Waals surface area (Å²) in [5.41, 5.74) is 0. The molecule has 0 amide bonds. The number of hydrogen-bond acceptors (Lipinski definition) is 1. The van der Waals surface area contributed by atoms with Crippen molar-refractivity contribution in [1.29, 1.82) is 0 Å². The quantitative estimate of drug-likeness (QED) is 0.350. The Kier molecular flexibility index (Phi) is 102.